The molecule has 0 amide bonds. The van der Waals surface area contributed by atoms with Crippen LogP contribution in [0.2, 0.25) is 0 Å². The second-order valence-electron chi connectivity index (χ2n) is 7.87. The van der Waals surface area contributed by atoms with Gasteiger partial charge in [0.2, 0.25) is 0 Å². The summed E-state index contributed by atoms with van der Waals surface area (Å²) in [6.07, 6.45) is 0. The van der Waals surface area contributed by atoms with Gasteiger partial charge >= 0.3 is 11.9 Å². The van der Waals surface area contributed by atoms with E-state index >= 15 is 0 Å². The largest absolute Gasteiger partial charge is 0.478 e. The van der Waals surface area contributed by atoms with Gasteiger partial charge in [0.1, 0.15) is 0 Å². The molecule has 0 aromatic heterocycles. The van der Waals surface area contributed by atoms with Gasteiger partial charge < -0.3 is 15.1 Å². The first-order valence-corrected chi connectivity index (χ1v) is 12.1. The molecule has 0 radical (unpaired) electrons. The van der Waals surface area contributed by atoms with Crippen LogP contribution in [-0.2, 0) is 0 Å². The summed E-state index contributed by atoms with van der Waals surface area (Å²) < 4.78 is 0. The molecule has 0 spiro atoms. The SMILES string of the molecule is CCN(CC)C(C)CN1c2ccccc2Sc2ccccc21.Cl.O=C(O)c1ccccc1C(=O)O. The summed E-state index contributed by atoms with van der Waals surface area (Å²) in [5.41, 5.74) is 2.30. The van der Waals surface area contributed by atoms with Crippen LogP contribution in [0.3, 0.4) is 0 Å². The summed E-state index contributed by atoms with van der Waals surface area (Å²) in [5, 5.41) is 17.1. The summed E-state index contributed by atoms with van der Waals surface area (Å²) in [4.78, 5) is 28.6. The van der Waals surface area contributed by atoms with Gasteiger partial charge in [0, 0.05) is 22.4 Å². The Morgan fingerprint density at radius 1 is 0.800 bits per heavy atom. The van der Waals surface area contributed by atoms with Gasteiger partial charge in [-0.3, -0.25) is 4.90 Å². The van der Waals surface area contributed by atoms with Crippen LogP contribution in [-0.4, -0.2) is 52.7 Å². The van der Waals surface area contributed by atoms with E-state index in [9.17, 15) is 9.59 Å². The van der Waals surface area contributed by atoms with Gasteiger partial charge in [-0.05, 0) is 56.4 Å². The topological polar surface area (TPSA) is 81.1 Å². The molecule has 2 N–H and O–H groups in total. The van der Waals surface area contributed by atoms with Crippen molar-refractivity contribution in [3.63, 3.8) is 0 Å². The van der Waals surface area contributed by atoms with Crippen LogP contribution in [0, 0.1) is 0 Å². The Balaban J connectivity index is 0.000000284. The van der Waals surface area contributed by atoms with Crippen molar-refractivity contribution in [3.8, 4) is 0 Å². The van der Waals surface area contributed by atoms with Crippen molar-refractivity contribution < 1.29 is 19.8 Å². The minimum Gasteiger partial charge on any atom is -0.478 e. The van der Waals surface area contributed by atoms with Crippen LogP contribution in [0.5, 0.6) is 0 Å². The number of halogens is 1. The van der Waals surface area contributed by atoms with Crippen LogP contribution in [0.1, 0.15) is 41.5 Å². The lowest BCUT2D eigenvalue weighted by Crippen LogP contribution is -2.41. The van der Waals surface area contributed by atoms with Crippen LogP contribution in [0.25, 0.3) is 0 Å². The molecule has 1 aliphatic heterocycles. The van der Waals surface area contributed by atoms with Gasteiger partial charge in [-0.1, -0.05) is 62.0 Å². The van der Waals surface area contributed by atoms with Crippen LogP contribution >= 0.6 is 24.2 Å². The Morgan fingerprint density at radius 2 is 1.20 bits per heavy atom. The molecular formula is C27H31ClN2O4S. The molecule has 4 rings (SSSR count). The first-order valence-electron chi connectivity index (χ1n) is 11.3. The molecule has 3 aromatic rings. The summed E-state index contributed by atoms with van der Waals surface area (Å²) in [5.74, 6) is -2.46. The fraction of sp³-hybridized carbons (Fsp3) is 0.259. The zero-order chi connectivity index (χ0) is 24.7. The fourth-order valence-corrected chi connectivity index (χ4v) is 5.16. The van der Waals surface area contributed by atoms with Gasteiger partial charge in [0.05, 0.1) is 22.5 Å². The zero-order valence-corrected chi connectivity index (χ0v) is 21.7. The molecule has 0 fully saturated rings. The predicted molar refractivity (Wildman–Crippen MR) is 144 cm³/mol. The third-order valence-electron chi connectivity index (χ3n) is 5.80. The van der Waals surface area contributed by atoms with E-state index < -0.39 is 11.9 Å². The summed E-state index contributed by atoms with van der Waals surface area (Å²) in [7, 11) is 0. The second kappa shape index (κ2) is 13.2. The Morgan fingerprint density at radius 3 is 1.60 bits per heavy atom. The molecule has 186 valence electrons. The van der Waals surface area contributed by atoms with Gasteiger partial charge in [0.25, 0.3) is 0 Å². The van der Waals surface area contributed by atoms with Gasteiger partial charge in [-0.15, -0.1) is 12.4 Å². The quantitative estimate of drug-likeness (QED) is 0.371. The number of fused-ring (bicyclic) bond motifs is 2. The highest BCUT2D eigenvalue weighted by atomic mass is 35.5. The standard InChI is InChI=1S/C19H24N2S.C8H6O4.ClH/c1-4-20(5-2)15(3)14-21-16-10-6-8-12-18(16)22-19-13-9-7-11-17(19)21;9-7(10)5-3-1-2-4-6(5)8(11)12;/h6-13,15H,4-5,14H2,1-3H3;1-4H,(H,9,10)(H,11,12);1H. The molecule has 35 heavy (non-hydrogen) atoms. The summed E-state index contributed by atoms with van der Waals surface area (Å²) >= 11 is 1.88. The molecule has 1 atom stereocenters. The minimum atomic E-state index is -1.23. The number of nitrogens with zero attached hydrogens (tertiary/aromatic N) is 2. The monoisotopic (exact) mass is 514 g/mol. The first-order chi connectivity index (χ1) is 16.4. The van der Waals surface area contributed by atoms with E-state index in [1.165, 1.54) is 45.4 Å². The highest BCUT2D eigenvalue weighted by Gasteiger charge is 2.25. The number of aromatic carboxylic acids is 2. The van der Waals surface area contributed by atoms with Gasteiger partial charge in [-0.2, -0.15) is 0 Å². The normalized spacial score (nSPS) is 12.4. The van der Waals surface area contributed by atoms with Crippen molar-refractivity contribution >= 4 is 47.5 Å². The van der Waals surface area contributed by atoms with Crippen molar-refractivity contribution in [2.24, 2.45) is 0 Å². The average molecular weight is 515 g/mol. The molecule has 8 heteroatoms. The van der Waals surface area contributed by atoms with E-state index in [0.29, 0.717) is 6.04 Å². The van der Waals surface area contributed by atoms with E-state index in [2.05, 4.69) is 79.1 Å². The molecule has 1 unspecified atom stereocenters. The summed E-state index contributed by atoms with van der Waals surface area (Å²) in [6, 6.07) is 23.5. The van der Waals surface area contributed by atoms with E-state index in [1.807, 2.05) is 11.8 Å². The maximum Gasteiger partial charge on any atom is 0.336 e. The number of carboxylic acid groups (broad SMARTS) is 2. The second-order valence-corrected chi connectivity index (χ2v) is 8.96. The lowest BCUT2D eigenvalue weighted by atomic mass is 10.1. The van der Waals surface area contributed by atoms with E-state index in [4.69, 9.17) is 10.2 Å². The Bertz CT molecular complexity index is 1070. The van der Waals surface area contributed by atoms with Crippen LogP contribution in [0.15, 0.2) is 82.6 Å². The smallest absolute Gasteiger partial charge is 0.336 e. The van der Waals surface area contributed by atoms with Crippen molar-refractivity contribution in [1.82, 2.24) is 4.90 Å². The fourth-order valence-electron chi connectivity index (χ4n) is 4.06. The first kappa shape index (κ1) is 28.2. The van der Waals surface area contributed by atoms with E-state index in [0.717, 1.165) is 19.6 Å². The van der Waals surface area contributed by atoms with Gasteiger partial charge in [0.15, 0.2) is 0 Å². The average Bonchev–Trinajstić information content (AvgIpc) is 2.85. The third-order valence-corrected chi connectivity index (χ3v) is 6.93. The highest BCUT2D eigenvalue weighted by molar-refractivity contribution is 7.99. The maximum absolute atomic E-state index is 10.5. The van der Waals surface area contributed by atoms with Crippen molar-refractivity contribution in [2.45, 2.75) is 36.6 Å². The molecule has 0 aliphatic carbocycles. The van der Waals surface area contributed by atoms with Gasteiger partial charge in [-0.25, -0.2) is 9.59 Å². The number of para-hydroxylation sites is 2. The van der Waals surface area contributed by atoms with E-state index in [-0.39, 0.29) is 23.5 Å². The molecule has 1 aliphatic rings. The number of rotatable bonds is 7. The molecule has 6 nitrogen and oxygen atoms in total. The lowest BCUT2D eigenvalue weighted by molar-refractivity contribution is 0.0651. The van der Waals surface area contributed by atoms with Crippen molar-refractivity contribution in [1.29, 1.82) is 0 Å². The molecule has 1 heterocycles. The third kappa shape index (κ3) is 6.78. The van der Waals surface area contributed by atoms with Crippen LogP contribution < -0.4 is 4.90 Å². The molecular weight excluding hydrogens is 484 g/mol. The number of benzene rings is 3. The number of likely N-dealkylation sites (N-methyl/N-ethyl adjacent to an activating group) is 1. The Labute approximate surface area is 217 Å². The van der Waals surface area contributed by atoms with Crippen molar-refractivity contribution in [3.05, 3.63) is 83.9 Å². The number of carbonyl (C=O) groups is 2. The van der Waals surface area contributed by atoms with Crippen LogP contribution in [0.4, 0.5) is 11.4 Å². The number of carboxylic acids is 2. The highest BCUT2D eigenvalue weighted by Crippen LogP contribution is 2.47. The number of hydrogen-bond donors (Lipinski definition) is 2. The lowest BCUT2D eigenvalue weighted by Gasteiger charge is -2.37. The zero-order valence-electron chi connectivity index (χ0n) is 20.0. The molecule has 0 bridgehead atoms. The summed E-state index contributed by atoms with van der Waals surface area (Å²) in [6.45, 7) is 10.0. The minimum absolute atomic E-state index is 0. The number of hydrogen-bond acceptors (Lipinski definition) is 5. The Kier molecular flexibility index (Phi) is 10.6. The Hall–Kier alpha value is -3.00. The van der Waals surface area contributed by atoms with Crippen molar-refractivity contribution in [2.75, 3.05) is 24.5 Å². The molecule has 0 saturated carbocycles. The molecule has 3 aromatic carbocycles. The predicted octanol–water partition coefficient (Wildman–Crippen LogP) is 6.52. The maximum atomic E-state index is 10.5. The molecule has 0 saturated heterocycles. The number of anilines is 2. The van der Waals surface area contributed by atoms with E-state index in [1.54, 1.807) is 0 Å².